The summed E-state index contributed by atoms with van der Waals surface area (Å²) in [7, 11) is 0. The molecular formula is C8H8Cl2F3N3. The quantitative estimate of drug-likeness (QED) is 0.674. The molecule has 0 aromatic carbocycles. The molecule has 0 saturated carbocycles. The second-order valence-electron chi connectivity index (χ2n) is 2.98. The number of nitrogens with zero attached hydrogens (tertiary/aromatic N) is 2. The molecule has 1 rings (SSSR count). The molecule has 90 valence electrons. The minimum Gasteiger partial charge on any atom is -0.369 e. The van der Waals surface area contributed by atoms with Crippen molar-refractivity contribution in [2.45, 2.75) is 19.0 Å². The first-order valence-corrected chi connectivity index (χ1v) is 5.13. The standard InChI is InChI=1S/C8H8Cl2F3N3/c9-5-4-15-7(10)16-6(5)14-3-1-2-8(11,12)13/h4H,1-3H2,(H,14,15,16). The molecule has 0 aliphatic carbocycles. The van der Waals surface area contributed by atoms with Gasteiger partial charge in [-0.3, -0.25) is 0 Å². The largest absolute Gasteiger partial charge is 0.389 e. The van der Waals surface area contributed by atoms with Crippen molar-refractivity contribution in [2.75, 3.05) is 11.9 Å². The molecule has 0 bridgehead atoms. The van der Waals surface area contributed by atoms with Crippen LogP contribution < -0.4 is 5.32 Å². The smallest absolute Gasteiger partial charge is 0.369 e. The van der Waals surface area contributed by atoms with Crippen molar-refractivity contribution in [3.05, 3.63) is 16.5 Å². The van der Waals surface area contributed by atoms with Crippen LogP contribution in [-0.2, 0) is 0 Å². The molecule has 0 radical (unpaired) electrons. The molecule has 1 aromatic heterocycles. The zero-order valence-electron chi connectivity index (χ0n) is 7.98. The summed E-state index contributed by atoms with van der Waals surface area (Å²) in [5, 5.41) is 2.87. The predicted octanol–water partition coefficient (Wildman–Crippen LogP) is 3.54. The molecule has 0 saturated heterocycles. The van der Waals surface area contributed by atoms with Crippen LogP contribution in [0.15, 0.2) is 6.20 Å². The van der Waals surface area contributed by atoms with E-state index in [-0.39, 0.29) is 29.1 Å². The molecule has 1 heterocycles. The van der Waals surface area contributed by atoms with E-state index in [2.05, 4.69) is 15.3 Å². The highest BCUT2D eigenvalue weighted by atomic mass is 35.5. The summed E-state index contributed by atoms with van der Waals surface area (Å²) in [6.45, 7) is 0.118. The fraction of sp³-hybridized carbons (Fsp3) is 0.500. The van der Waals surface area contributed by atoms with Gasteiger partial charge in [-0.2, -0.15) is 18.2 Å². The van der Waals surface area contributed by atoms with Crippen LogP contribution in [0.4, 0.5) is 19.0 Å². The Labute approximate surface area is 100.0 Å². The summed E-state index contributed by atoms with van der Waals surface area (Å²) in [5.74, 6) is 0.240. The molecule has 0 atom stereocenters. The van der Waals surface area contributed by atoms with Gasteiger partial charge in [-0.25, -0.2) is 4.98 Å². The maximum Gasteiger partial charge on any atom is 0.389 e. The van der Waals surface area contributed by atoms with Crippen molar-refractivity contribution in [3.63, 3.8) is 0 Å². The van der Waals surface area contributed by atoms with Crippen LogP contribution in [0.5, 0.6) is 0 Å². The van der Waals surface area contributed by atoms with Crippen LogP contribution in [0.2, 0.25) is 10.3 Å². The van der Waals surface area contributed by atoms with Crippen molar-refractivity contribution >= 4 is 29.0 Å². The highest BCUT2D eigenvalue weighted by Gasteiger charge is 2.25. The Kier molecular flexibility index (Phi) is 4.61. The average Bonchev–Trinajstić information content (AvgIpc) is 2.16. The van der Waals surface area contributed by atoms with E-state index in [0.29, 0.717) is 0 Å². The third kappa shape index (κ3) is 4.85. The number of hydrogen-bond donors (Lipinski definition) is 1. The van der Waals surface area contributed by atoms with Gasteiger partial charge in [-0.1, -0.05) is 11.6 Å². The first-order chi connectivity index (χ1) is 7.38. The van der Waals surface area contributed by atoms with Gasteiger partial charge in [-0.05, 0) is 18.0 Å². The van der Waals surface area contributed by atoms with E-state index >= 15 is 0 Å². The lowest BCUT2D eigenvalue weighted by molar-refractivity contribution is -0.134. The maximum absolute atomic E-state index is 11.8. The van der Waals surface area contributed by atoms with Crippen LogP contribution in [-0.4, -0.2) is 22.7 Å². The molecule has 0 aliphatic heterocycles. The van der Waals surface area contributed by atoms with E-state index in [1.54, 1.807) is 0 Å². The third-order valence-electron chi connectivity index (χ3n) is 1.64. The normalized spacial score (nSPS) is 11.6. The van der Waals surface area contributed by atoms with Crippen molar-refractivity contribution in [2.24, 2.45) is 0 Å². The summed E-state index contributed by atoms with van der Waals surface area (Å²) in [5.41, 5.74) is 0. The van der Waals surface area contributed by atoms with E-state index in [4.69, 9.17) is 23.2 Å². The Hall–Kier alpha value is -0.750. The molecule has 1 aromatic rings. The van der Waals surface area contributed by atoms with Crippen molar-refractivity contribution in [1.82, 2.24) is 9.97 Å². The minimum atomic E-state index is -4.14. The van der Waals surface area contributed by atoms with E-state index in [9.17, 15) is 13.2 Å². The monoisotopic (exact) mass is 273 g/mol. The Balaban J connectivity index is 2.40. The second-order valence-corrected chi connectivity index (χ2v) is 3.73. The van der Waals surface area contributed by atoms with Crippen molar-refractivity contribution < 1.29 is 13.2 Å². The predicted molar refractivity (Wildman–Crippen MR) is 55.8 cm³/mol. The van der Waals surface area contributed by atoms with Gasteiger partial charge in [0.15, 0.2) is 0 Å². The number of hydrogen-bond acceptors (Lipinski definition) is 3. The van der Waals surface area contributed by atoms with Crippen molar-refractivity contribution in [3.8, 4) is 0 Å². The van der Waals surface area contributed by atoms with Gasteiger partial charge in [-0.15, -0.1) is 0 Å². The Morgan fingerprint density at radius 3 is 2.62 bits per heavy atom. The highest BCUT2D eigenvalue weighted by Crippen LogP contribution is 2.22. The molecule has 0 fully saturated rings. The van der Waals surface area contributed by atoms with E-state index in [1.807, 2.05) is 0 Å². The molecule has 0 spiro atoms. The number of alkyl halides is 3. The van der Waals surface area contributed by atoms with Gasteiger partial charge in [0.25, 0.3) is 0 Å². The average molecular weight is 274 g/mol. The molecule has 1 N–H and O–H groups in total. The molecule has 8 heteroatoms. The van der Waals surface area contributed by atoms with Gasteiger partial charge in [0.1, 0.15) is 10.8 Å². The van der Waals surface area contributed by atoms with Crippen LogP contribution in [0, 0.1) is 0 Å². The van der Waals surface area contributed by atoms with Crippen LogP contribution in [0.3, 0.4) is 0 Å². The van der Waals surface area contributed by atoms with Crippen LogP contribution in [0.25, 0.3) is 0 Å². The molecule has 16 heavy (non-hydrogen) atoms. The summed E-state index contributed by atoms with van der Waals surface area (Å²) in [6.07, 6.45) is -3.77. The van der Waals surface area contributed by atoms with Gasteiger partial charge < -0.3 is 5.32 Å². The summed E-state index contributed by atoms with van der Waals surface area (Å²) < 4.78 is 35.5. The van der Waals surface area contributed by atoms with E-state index in [1.165, 1.54) is 6.20 Å². The fourth-order valence-corrected chi connectivity index (χ4v) is 1.26. The number of aromatic nitrogens is 2. The SMILES string of the molecule is FC(F)(F)CCCNc1nc(Cl)ncc1Cl. The fourth-order valence-electron chi connectivity index (χ4n) is 0.965. The lowest BCUT2D eigenvalue weighted by atomic mass is 10.3. The number of anilines is 1. The van der Waals surface area contributed by atoms with Gasteiger partial charge >= 0.3 is 6.18 Å². The molecule has 0 amide bonds. The first-order valence-electron chi connectivity index (χ1n) is 4.37. The Bertz CT molecular complexity index is 357. The van der Waals surface area contributed by atoms with E-state index < -0.39 is 12.6 Å². The Morgan fingerprint density at radius 2 is 2.00 bits per heavy atom. The number of nitrogens with one attached hydrogen (secondary N) is 1. The lowest BCUT2D eigenvalue weighted by Crippen LogP contribution is -2.11. The molecule has 0 unspecified atom stereocenters. The first kappa shape index (κ1) is 13.3. The highest BCUT2D eigenvalue weighted by molar-refractivity contribution is 6.33. The van der Waals surface area contributed by atoms with Gasteiger partial charge in [0.2, 0.25) is 5.28 Å². The number of halogens is 5. The molecular weight excluding hydrogens is 266 g/mol. The topological polar surface area (TPSA) is 37.8 Å². The van der Waals surface area contributed by atoms with E-state index in [0.717, 1.165) is 0 Å². The number of rotatable bonds is 4. The Morgan fingerprint density at radius 1 is 1.31 bits per heavy atom. The molecule has 0 aliphatic rings. The van der Waals surface area contributed by atoms with Gasteiger partial charge in [0.05, 0.1) is 6.20 Å². The minimum absolute atomic E-state index is 0.0114. The third-order valence-corrected chi connectivity index (χ3v) is 2.10. The summed E-state index contributed by atoms with van der Waals surface area (Å²) >= 11 is 11.2. The summed E-state index contributed by atoms with van der Waals surface area (Å²) in [4.78, 5) is 7.35. The second kappa shape index (κ2) is 5.54. The van der Waals surface area contributed by atoms with Crippen LogP contribution in [0.1, 0.15) is 12.8 Å². The molecule has 3 nitrogen and oxygen atoms in total. The maximum atomic E-state index is 11.8. The van der Waals surface area contributed by atoms with Gasteiger partial charge in [0, 0.05) is 13.0 Å². The summed E-state index contributed by atoms with van der Waals surface area (Å²) in [6, 6.07) is 0. The zero-order valence-corrected chi connectivity index (χ0v) is 9.49. The van der Waals surface area contributed by atoms with Crippen molar-refractivity contribution in [1.29, 1.82) is 0 Å². The van der Waals surface area contributed by atoms with Crippen LogP contribution >= 0.6 is 23.2 Å². The lowest BCUT2D eigenvalue weighted by Gasteiger charge is -2.08. The zero-order chi connectivity index (χ0) is 12.2.